The topological polar surface area (TPSA) is 70.7 Å². The Morgan fingerprint density at radius 1 is 1.19 bits per heavy atom. The van der Waals surface area contributed by atoms with E-state index in [-0.39, 0.29) is 5.91 Å². The van der Waals surface area contributed by atoms with Crippen LogP contribution in [0.5, 0.6) is 0 Å². The Hall–Kier alpha value is -2.64. The SMILES string of the molecule is Cc1cccc(CSc2nnc(NC(=O)Cc3c[nH]c4ccccc34)s2)c1. The van der Waals surface area contributed by atoms with Crippen LogP contribution in [0.1, 0.15) is 16.7 Å². The molecule has 136 valence electrons. The Morgan fingerprint density at radius 2 is 2.07 bits per heavy atom. The summed E-state index contributed by atoms with van der Waals surface area (Å²) in [5.41, 5.74) is 4.50. The van der Waals surface area contributed by atoms with Gasteiger partial charge in [-0.25, -0.2) is 0 Å². The molecule has 0 fully saturated rings. The fourth-order valence-corrected chi connectivity index (χ4v) is 4.59. The summed E-state index contributed by atoms with van der Waals surface area (Å²) in [6.45, 7) is 2.08. The second-order valence-electron chi connectivity index (χ2n) is 6.24. The molecule has 2 heterocycles. The third-order valence-corrected chi connectivity index (χ3v) is 6.17. The van der Waals surface area contributed by atoms with Crippen molar-refractivity contribution < 1.29 is 4.79 Å². The van der Waals surface area contributed by atoms with Crippen LogP contribution in [-0.4, -0.2) is 21.1 Å². The molecule has 2 aromatic carbocycles. The molecule has 4 rings (SSSR count). The lowest BCUT2D eigenvalue weighted by molar-refractivity contribution is -0.115. The minimum atomic E-state index is -0.0915. The number of nitrogens with one attached hydrogen (secondary N) is 2. The zero-order valence-corrected chi connectivity index (χ0v) is 16.4. The molecule has 0 atom stereocenters. The van der Waals surface area contributed by atoms with E-state index in [9.17, 15) is 4.79 Å². The maximum absolute atomic E-state index is 12.4. The smallest absolute Gasteiger partial charge is 0.230 e. The van der Waals surface area contributed by atoms with E-state index in [2.05, 4.69) is 51.7 Å². The number of aromatic amines is 1. The van der Waals surface area contributed by atoms with E-state index in [0.717, 1.165) is 26.6 Å². The predicted molar refractivity (Wildman–Crippen MR) is 111 cm³/mol. The third kappa shape index (κ3) is 4.37. The molecule has 0 saturated heterocycles. The van der Waals surface area contributed by atoms with Crippen LogP contribution in [0.25, 0.3) is 10.9 Å². The fraction of sp³-hybridized carbons (Fsp3) is 0.150. The van der Waals surface area contributed by atoms with Gasteiger partial charge in [0.05, 0.1) is 6.42 Å². The minimum Gasteiger partial charge on any atom is -0.361 e. The second kappa shape index (κ2) is 7.94. The van der Waals surface area contributed by atoms with E-state index in [4.69, 9.17) is 0 Å². The fourth-order valence-electron chi connectivity index (χ4n) is 2.88. The summed E-state index contributed by atoms with van der Waals surface area (Å²) >= 11 is 3.03. The normalized spacial score (nSPS) is 11.0. The summed E-state index contributed by atoms with van der Waals surface area (Å²) in [4.78, 5) is 15.5. The van der Waals surface area contributed by atoms with Crippen molar-refractivity contribution in [3.63, 3.8) is 0 Å². The summed E-state index contributed by atoms with van der Waals surface area (Å²) in [6.07, 6.45) is 2.18. The number of hydrogen-bond donors (Lipinski definition) is 2. The van der Waals surface area contributed by atoms with E-state index in [1.165, 1.54) is 22.5 Å². The molecule has 0 saturated carbocycles. The number of amides is 1. The van der Waals surface area contributed by atoms with Crippen LogP contribution in [0.4, 0.5) is 5.13 Å². The van der Waals surface area contributed by atoms with Crippen molar-refractivity contribution in [2.75, 3.05) is 5.32 Å². The molecule has 4 aromatic rings. The number of benzene rings is 2. The number of rotatable bonds is 6. The summed E-state index contributed by atoms with van der Waals surface area (Å²) in [7, 11) is 0. The van der Waals surface area contributed by atoms with Crippen molar-refractivity contribution in [3.05, 3.63) is 71.4 Å². The van der Waals surface area contributed by atoms with Crippen LogP contribution in [0.2, 0.25) is 0 Å². The maximum atomic E-state index is 12.4. The number of nitrogens with zero attached hydrogens (tertiary/aromatic N) is 2. The van der Waals surface area contributed by atoms with Gasteiger partial charge in [0.1, 0.15) is 0 Å². The van der Waals surface area contributed by atoms with Gasteiger partial charge in [0.2, 0.25) is 11.0 Å². The van der Waals surface area contributed by atoms with E-state index in [1.807, 2.05) is 30.5 Å². The van der Waals surface area contributed by atoms with E-state index in [1.54, 1.807) is 11.8 Å². The number of para-hydroxylation sites is 1. The Bertz CT molecular complexity index is 1090. The highest BCUT2D eigenvalue weighted by molar-refractivity contribution is 8.00. The Kier molecular flexibility index (Phi) is 5.22. The molecule has 0 bridgehead atoms. The molecule has 2 N–H and O–H groups in total. The first kappa shape index (κ1) is 17.8. The van der Waals surface area contributed by atoms with Crippen molar-refractivity contribution in [3.8, 4) is 0 Å². The number of aromatic nitrogens is 3. The molecule has 0 aliphatic rings. The molecule has 0 aliphatic heterocycles. The van der Waals surface area contributed by atoms with Crippen LogP contribution in [0.15, 0.2) is 59.1 Å². The van der Waals surface area contributed by atoms with Gasteiger partial charge in [-0.05, 0) is 24.1 Å². The van der Waals surface area contributed by atoms with Crippen LogP contribution < -0.4 is 5.32 Å². The standard InChI is InChI=1S/C20H18N4OS2/c1-13-5-4-6-14(9-13)12-26-20-24-23-19(27-20)22-18(25)10-15-11-21-17-8-3-2-7-16(15)17/h2-9,11,21H,10,12H2,1H3,(H,22,23,25). The van der Waals surface area contributed by atoms with Gasteiger partial charge in [-0.3, -0.25) is 4.79 Å². The number of fused-ring (bicyclic) bond motifs is 1. The Morgan fingerprint density at radius 3 is 2.96 bits per heavy atom. The van der Waals surface area contributed by atoms with Gasteiger partial charge >= 0.3 is 0 Å². The first-order valence-corrected chi connectivity index (χ1v) is 10.3. The van der Waals surface area contributed by atoms with Crippen LogP contribution >= 0.6 is 23.1 Å². The molecular weight excluding hydrogens is 376 g/mol. The summed E-state index contributed by atoms with van der Waals surface area (Å²) in [5, 5.41) is 12.7. The van der Waals surface area contributed by atoms with Crippen LogP contribution in [0, 0.1) is 6.92 Å². The molecular formula is C20H18N4OS2. The monoisotopic (exact) mass is 394 g/mol. The van der Waals surface area contributed by atoms with Crippen LogP contribution in [0.3, 0.4) is 0 Å². The second-order valence-corrected chi connectivity index (χ2v) is 8.44. The highest BCUT2D eigenvalue weighted by Crippen LogP contribution is 2.28. The van der Waals surface area contributed by atoms with Gasteiger partial charge in [-0.2, -0.15) is 0 Å². The Balaban J connectivity index is 1.35. The number of anilines is 1. The predicted octanol–water partition coefficient (Wildman–Crippen LogP) is 4.80. The number of hydrogen-bond acceptors (Lipinski definition) is 5. The highest BCUT2D eigenvalue weighted by atomic mass is 32.2. The molecule has 0 spiro atoms. The lowest BCUT2D eigenvalue weighted by atomic mass is 10.1. The number of carbonyl (C=O) groups is 1. The number of thioether (sulfide) groups is 1. The zero-order valence-electron chi connectivity index (χ0n) is 14.7. The van der Waals surface area contributed by atoms with Gasteiger partial charge < -0.3 is 10.3 Å². The number of carbonyl (C=O) groups excluding carboxylic acids is 1. The maximum Gasteiger partial charge on any atom is 0.230 e. The van der Waals surface area contributed by atoms with Crippen LogP contribution in [-0.2, 0) is 17.0 Å². The van der Waals surface area contributed by atoms with Gasteiger partial charge in [-0.1, -0.05) is 71.1 Å². The third-order valence-electron chi connectivity index (χ3n) is 4.12. The lowest BCUT2D eigenvalue weighted by Gasteiger charge is -2.00. The number of H-pyrrole nitrogens is 1. The first-order valence-electron chi connectivity index (χ1n) is 8.54. The quantitative estimate of drug-likeness (QED) is 0.364. The van der Waals surface area contributed by atoms with E-state index >= 15 is 0 Å². The average molecular weight is 395 g/mol. The van der Waals surface area contributed by atoms with Gasteiger partial charge in [0, 0.05) is 22.9 Å². The van der Waals surface area contributed by atoms with Crippen molar-refractivity contribution in [1.82, 2.24) is 15.2 Å². The van der Waals surface area contributed by atoms with Crippen molar-refractivity contribution in [2.45, 2.75) is 23.4 Å². The molecule has 0 unspecified atom stereocenters. The molecule has 7 heteroatoms. The molecule has 2 aromatic heterocycles. The molecule has 5 nitrogen and oxygen atoms in total. The lowest BCUT2D eigenvalue weighted by Crippen LogP contribution is -2.14. The molecule has 1 amide bonds. The zero-order chi connectivity index (χ0) is 18.6. The molecule has 0 aliphatic carbocycles. The number of aryl methyl sites for hydroxylation is 1. The summed E-state index contributed by atoms with van der Waals surface area (Å²) in [6, 6.07) is 16.4. The molecule has 27 heavy (non-hydrogen) atoms. The Labute approximate surface area is 165 Å². The van der Waals surface area contributed by atoms with Crippen molar-refractivity contribution in [2.24, 2.45) is 0 Å². The van der Waals surface area contributed by atoms with Gasteiger partial charge in [0.15, 0.2) is 4.34 Å². The van der Waals surface area contributed by atoms with Gasteiger partial charge in [-0.15, -0.1) is 10.2 Å². The van der Waals surface area contributed by atoms with Gasteiger partial charge in [0.25, 0.3) is 0 Å². The van der Waals surface area contributed by atoms with Crippen molar-refractivity contribution in [1.29, 1.82) is 0 Å². The first-order chi connectivity index (χ1) is 13.2. The summed E-state index contributed by atoms with van der Waals surface area (Å²) in [5.74, 6) is 0.741. The van der Waals surface area contributed by atoms with Crippen molar-refractivity contribution >= 4 is 45.0 Å². The van der Waals surface area contributed by atoms with E-state index in [0.29, 0.717) is 11.6 Å². The average Bonchev–Trinajstić information content (AvgIpc) is 3.27. The highest BCUT2D eigenvalue weighted by Gasteiger charge is 2.12. The summed E-state index contributed by atoms with van der Waals surface area (Å²) < 4.78 is 0.846. The molecule has 0 radical (unpaired) electrons. The van der Waals surface area contributed by atoms with E-state index < -0.39 is 0 Å². The largest absolute Gasteiger partial charge is 0.361 e. The minimum absolute atomic E-state index is 0.0915.